The van der Waals surface area contributed by atoms with Crippen LogP contribution in [-0.2, 0) is 6.18 Å². The van der Waals surface area contributed by atoms with Gasteiger partial charge in [0, 0.05) is 5.56 Å². The summed E-state index contributed by atoms with van der Waals surface area (Å²) < 4.78 is 38.6. The Morgan fingerprint density at radius 2 is 1.69 bits per heavy atom. The van der Waals surface area contributed by atoms with Crippen LogP contribution in [0.15, 0.2) is 35.7 Å². The van der Waals surface area contributed by atoms with Gasteiger partial charge in [-0.3, -0.25) is 0 Å². The molecule has 0 amide bonds. The van der Waals surface area contributed by atoms with Gasteiger partial charge in [0.1, 0.15) is 4.34 Å². The molecule has 0 spiro atoms. The molecule has 2 rings (SSSR count). The number of alkyl halides is 3. The Morgan fingerprint density at radius 3 is 2.25 bits per heavy atom. The maximum atomic E-state index is 12.7. The molecule has 0 aliphatic heterocycles. The van der Waals surface area contributed by atoms with Gasteiger partial charge in [-0.1, -0.05) is 29.8 Å². The lowest BCUT2D eigenvalue weighted by Gasteiger charge is -2.11. The van der Waals surface area contributed by atoms with E-state index >= 15 is 0 Å². The average molecular weight is 263 g/mol. The molecule has 0 fully saturated rings. The lowest BCUT2D eigenvalue weighted by molar-refractivity contribution is -0.137. The topological polar surface area (TPSA) is 0 Å². The van der Waals surface area contributed by atoms with Crippen molar-refractivity contribution in [2.75, 3.05) is 0 Å². The van der Waals surface area contributed by atoms with Crippen molar-refractivity contribution in [1.29, 1.82) is 0 Å². The Kier molecular flexibility index (Phi) is 2.95. The SMILES string of the molecule is FC(F)(F)c1ccccc1-c1ccsc1Cl. The van der Waals surface area contributed by atoms with Crippen LogP contribution in [0.4, 0.5) is 13.2 Å². The zero-order valence-electron chi connectivity index (χ0n) is 7.88. The standard InChI is InChI=1S/C11H6ClF3S/c12-10-8(5-6-16-10)7-3-1-2-4-9(7)11(13,14)15/h1-6H. The normalized spacial score (nSPS) is 11.8. The van der Waals surface area contributed by atoms with Gasteiger partial charge in [0.2, 0.25) is 0 Å². The largest absolute Gasteiger partial charge is 0.417 e. The second-order valence-electron chi connectivity index (χ2n) is 3.15. The van der Waals surface area contributed by atoms with Crippen molar-refractivity contribution in [3.8, 4) is 11.1 Å². The van der Waals surface area contributed by atoms with Crippen molar-refractivity contribution in [1.82, 2.24) is 0 Å². The molecule has 0 radical (unpaired) electrons. The summed E-state index contributed by atoms with van der Waals surface area (Å²) in [6.07, 6.45) is -4.36. The molecule has 5 heteroatoms. The van der Waals surface area contributed by atoms with Crippen molar-refractivity contribution in [3.63, 3.8) is 0 Å². The van der Waals surface area contributed by atoms with Gasteiger partial charge >= 0.3 is 6.18 Å². The number of benzene rings is 1. The molecule has 0 unspecified atom stereocenters. The molecule has 1 aromatic heterocycles. The van der Waals surface area contributed by atoms with Crippen molar-refractivity contribution in [2.24, 2.45) is 0 Å². The molecule has 0 N–H and O–H groups in total. The van der Waals surface area contributed by atoms with E-state index < -0.39 is 11.7 Å². The van der Waals surface area contributed by atoms with Crippen LogP contribution in [-0.4, -0.2) is 0 Å². The second kappa shape index (κ2) is 4.11. The summed E-state index contributed by atoms with van der Waals surface area (Å²) in [7, 11) is 0. The summed E-state index contributed by atoms with van der Waals surface area (Å²) in [5, 5.41) is 1.67. The third kappa shape index (κ3) is 2.08. The lowest BCUT2D eigenvalue weighted by atomic mass is 10.0. The first-order valence-electron chi connectivity index (χ1n) is 4.40. The van der Waals surface area contributed by atoms with Crippen LogP contribution in [0.1, 0.15) is 5.56 Å². The van der Waals surface area contributed by atoms with Crippen molar-refractivity contribution in [2.45, 2.75) is 6.18 Å². The highest BCUT2D eigenvalue weighted by Crippen LogP contribution is 2.40. The first kappa shape index (κ1) is 11.5. The molecule has 2 aromatic rings. The van der Waals surface area contributed by atoms with E-state index in [2.05, 4.69) is 0 Å². The van der Waals surface area contributed by atoms with E-state index in [4.69, 9.17) is 11.6 Å². The summed E-state index contributed by atoms with van der Waals surface area (Å²) in [6, 6.07) is 7.02. The van der Waals surface area contributed by atoms with Gasteiger partial charge in [0.05, 0.1) is 5.56 Å². The molecular weight excluding hydrogens is 257 g/mol. The van der Waals surface area contributed by atoms with Crippen LogP contribution in [0.25, 0.3) is 11.1 Å². The fourth-order valence-corrected chi connectivity index (χ4v) is 2.40. The van der Waals surface area contributed by atoms with E-state index in [0.717, 1.165) is 6.07 Å². The second-order valence-corrected chi connectivity index (χ2v) is 4.67. The molecule has 0 bridgehead atoms. The quantitative estimate of drug-likeness (QED) is 0.672. The van der Waals surface area contributed by atoms with Gasteiger partial charge in [-0.05, 0) is 23.1 Å². The Labute approximate surface area is 99.3 Å². The minimum Gasteiger partial charge on any atom is -0.166 e. The maximum Gasteiger partial charge on any atom is 0.417 e. The third-order valence-electron chi connectivity index (χ3n) is 2.14. The van der Waals surface area contributed by atoms with E-state index in [1.165, 1.54) is 23.5 Å². The number of halogens is 4. The minimum atomic E-state index is -4.36. The van der Waals surface area contributed by atoms with Gasteiger partial charge in [-0.25, -0.2) is 0 Å². The molecule has 0 atom stereocenters. The molecular formula is C11H6ClF3S. The first-order valence-corrected chi connectivity index (χ1v) is 5.65. The summed E-state index contributed by atoms with van der Waals surface area (Å²) in [4.78, 5) is 0. The van der Waals surface area contributed by atoms with E-state index in [9.17, 15) is 13.2 Å². The van der Waals surface area contributed by atoms with Crippen LogP contribution < -0.4 is 0 Å². The predicted molar refractivity (Wildman–Crippen MR) is 59.8 cm³/mol. The van der Waals surface area contributed by atoms with Crippen LogP contribution >= 0.6 is 22.9 Å². The van der Waals surface area contributed by atoms with Crippen molar-refractivity contribution < 1.29 is 13.2 Å². The fraction of sp³-hybridized carbons (Fsp3) is 0.0909. The molecule has 1 aromatic carbocycles. The summed E-state index contributed by atoms with van der Waals surface area (Å²) in [6.45, 7) is 0. The Hall–Kier alpha value is -1.00. The van der Waals surface area contributed by atoms with Crippen LogP contribution in [0.3, 0.4) is 0 Å². The van der Waals surface area contributed by atoms with E-state index in [1.54, 1.807) is 17.5 Å². The highest BCUT2D eigenvalue weighted by Gasteiger charge is 2.33. The summed E-state index contributed by atoms with van der Waals surface area (Å²) >= 11 is 7.06. The highest BCUT2D eigenvalue weighted by molar-refractivity contribution is 7.15. The monoisotopic (exact) mass is 262 g/mol. The van der Waals surface area contributed by atoms with Crippen molar-refractivity contribution in [3.05, 3.63) is 45.6 Å². The van der Waals surface area contributed by atoms with Crippen molar-refractivity contribution >= 4 is 22.9 Å². The Balaban J connectivity index is 2.62. The number of rotatable bonds is 1. The molecule has 0 aliphatic carbocycles. The zero-order valence-corrected chi connectivity index (χ0v) is 9.46. The highest BCUT2D eigenvalue weighted by atomic mass is 35.5. The number of hydrogen-bond acceptors (Lipinski definition) is 1. The fourth-order valence-electron chi connectivity index (χ4n) is 1.45. The third-order valence-corrected chi connectivity index (χ3v) is 3.31. The van der Waals surface area contributed by atoms with Gasteiger partial charge < -0.3 is 0 Å². The van der Waals surface area contributed by atoms with Gasteiger partial charge in [-0.2, -0.15) is 13.2 Å². The molecule has 1 heterocycles. The zero-order chi connectivity index (χ0) is 11.8. The average Bonchev–Trinajstić information content (AvgIpc) is 2.63. The maximum absolute atomic E-state index is 12.7. The van der Waals surface area contributed by atoms with E-state index in [1.807, 2.05) is 0 Å². The molecule has 0 nitrogen and oxygen atoms in total. The van der Waals surface area contributed by atoms with E-state index in [-0.39, 0.29) is 5.56 Å². The predicted octanol–water partition coefficient (Wildman–Crippen LogP) is 5.09. The lowest BCUT2D eigenvalue weighted by Crippen LogP contribution is -2.06. The van der Waals surface area contributed by atoms with Gasteiger partial charge in [0.25, 0.3) is 0 Å². The van der Waals surface area contributed by atoms with Crippen LogP contribution in [0.2, 0.25) is 4.34 Å². The van der Waals surface area contributed by atoms with Gasteiger partial charge in [-0.15, -0.1) is 11.3 Å². The van der Waals surface area contributed by atoms with Gasteiger partial charge in [0.15, 0.2) is 0 Å². The molecule has 84 valence electrons. The molecule has 0 aliphatic rings. The van der Waals surface area contributed by atoms with E-state index in [0.29, 0.717) is 9.90 Å². The molecule has 0 saturated carbocycles. The minimum absolute atomic E-state index is 0.126. The number of thiophene rings is 1. The Bertz CT molecular complexity index is 502. The molecule has 0 saturated heterocycles. The van der Waals surface area contributed by atoms with Crippen LogP contribution in [0.5, 0.6) is 0 Å². The van der Waals surface area contributed by atoms with Crippen LogP contribution in [0, 0.1) is 0 Å². The first-order chi connectivity index (χ1) is 7.50. The molecule has 16 heavy (non-hydrogen) atoms. The summed E-state index contributed by atoms with van der Waals surface area (Å²) in [5.74, 6) is 0. The smallest absolute Gasteiger partial charge is 0.166 e. The summed E-state index contributed by atoms with van der Waals surface area (Å²) in [5.41, 5.74) is -0.101. The number of hydrogen-bond donors (Lipinski definition) is 0. The Morgan fingerprint density at radius 1 is 1.00 bits per heavy atom.